The van der Waals surface area contributed by atoms with Crippen LogP contribution in [0.1, 0.15) is 18.1 Å². The van der Waals surface area contributed by atoms with Gasteiger partial charge in [0.05, 0.1) is 11.6 Å². The predicted molar refractivity (Wildman–Crippen MR) is 154 cm³/mol. The highest BCUT2D eigenvalue weighted by Gasteiger charge is 2.19. The molecule has 1 heterocycles. The molecule has 1 N–H and O–H groups in total. The van der Waals surface area contributed by atoms with E-state index in [-0.39, 0.29) is 4.91 Å². The van der Waals surface area contributed by atoms with Crippen LogP contribution in [-0.2, 0) is 17.9 Å². The van der Waals surface area contributed by atoms with E-state index < -0.39 is 5.97 Å². The van der Waals surface area contributed by atoms with Crippen LogP contribution in [0, 0.1) is 0 Å². The molecule has 0 radical (unpaired) electrons. The van der Waals surface area contributed by atoms with E-state index in [0.29, 0.717) is 55.7 Å². The molecule has 7 nitrogen and oxygen atoms in total. The number of benzene rings is 3. The van der Waals surface area contributed by atoms with Crippen molar-refractivity contribution in [1.29, 1.82) is 0 Å². The largest absolute Gasteiger partial charge is 0.493 e. The summed E-state index contributed by atoms with van der Waals surface area (Å²) < 4.78 is 14.0. The number of aliphatic carboxylic acids is 1. The van der Waals surface area contributed by atoms with E-state index in [1.54, 1.807) is 42.5 Å². The number of rotatable bonds is 10. The van der Waals surface area contributed by atoms with Crippen molar-refractivity contribution >= 4 is 62.9 Å². The average molecular weight is 635 g/mol. The molecule has 0 spiro atoms. The third-order valence-electron chi connectivity index (χ3n) is 5.39. The Kier molecular flexibility index (Phi) is 9.38. The number of methoxy groups -OCH3 is 1. The Morgan fingerprint density at radius 2 is 1.74 bits per heavy atom. The molecule has 0 aliphatic heterocycles. The Hall–Kier alpha value is -2.98. The van der Waals surface area contributed by atoms with Crippen molar-refractivity contribution in [3.63, 3.8) is 0 Å². The van der Waals surface area contributed by atoms with E-state index in [9.17, 15) is 9.90 Å². The second-order valence-electron chi connectivity index (χ2n) is 7.92. The zero-order valence-electron chi connectivity index (χ0n) is 20.3. The number of carboxylic acid groups (broad SMARTS) is 1. The lowest BCUT2D eigenvalue weighted by atomic mass is 10.2. The van der Waals surface area contributed by atoms with Crippen molar-refractivity contribution in [1.82, 2.24) is 14.8 Å². The lowest BCUT2D eigenvalue weighted by molar-refractivity contribution is -0.131. The summed E-state index contributed by atoms with van der Waals surface area (Å²) in [5.41, 5.74) is 2.38. The summed E-state index contributed by atoms with van der Waals surface area (Å²) in [4.78, 5) is 12.2. The molecule has 3 aromatic carbocycles. The van der Waals surface area contributed by atoms with Gasteiger partial charge < -0.3 is 19.1 Å². The summed E-state index contributed by atoms with van der Waals surface area (Å²) in [6, 6.07) is 18.1. The van der Waals surface area contributed by atoms with Gasteiger partial charge >= 0.3 is 5.97 Å². The topological polar surface area (TPSA) is 86.5 Å². The fourth-order valence-corrected chi connectivity index (χ4v) is 5.26. The number of thioether (sulfide) groups is 1. The van der Waals surface area contributed by atoms with Crippen molar-refractivity contribution in [3.8, 4) is 22.9 Å². The van der Waals surface area contributed by atoms with Gasteiger partial charge in [0.25, 0.3) is 0 Å². The summed E-state index contributed by atoms with van der Waals surface area (Å²) in [5.74, 6) is 0.494. The fourth-order valence-electron chi connectivity index (χ4n) is 3.55. The maximum Gasteiger partial charge on any atom is 0.342 e. The smallest absolute Gasteiger partial charge is 0.342 e. The van der Waals surface area contributed by atoms with Crippen molar-refractivity contribution < 1.29 is 19.4 Å². The number of hydrogen-bond donors (Lipinski definition) is 1. The third-order valence-corrected chi connectivity index (χ3v) is 7.48. The zero-order valence-corrected chi connectivity index (χ0v) is 24.2. The molecular weight excluding hydrogens is 613 g/mol. The lowest BCUT2D eigenvalue weighted by Crippen LogP contribution is -2.03. The molecule has 38 heavy (non-hydrogen) atoms. The molecule has 0 amide bonds. The molecule has 4 rings (SSSR count). The Labute approximate surface area is 242 Å². The SMILES string of the molecule is CCn1c(S/C(=C\c2cc(Br)c(OCc3ccc(Cl)cc3)c(OC)c2)C(=O)O)nnc1-c1ccc(Cl)cc1. The Balaban J connectivity index is 1.60. The van der Waals surface area contributed by atoms with Gasteiger partial charge in [-0.25, -0.2) is 4.79 Å². The van der Waals surface area contributed by atoms with E-state index in [1.165, 1.54) is 7.11 Å². The number of carbonyl (C=O) groups is 1. The van der Waals surface area contributed by atoms with Crippen LogP contribution < -0.4 is 9.47 Å². The fraction of sp³-hybridized carbons (Fsp3) is 0.148. The molecule has 11 heteroatoms. The lowest BCUT2D eigenvalue weighted by Gasteiger charge is -2.14. The van der Waals surface area contributed by atoms with E-state index in [0.717, 1.165) is 22.9 Å². The van der Waals surface area contributed by atoms with Crippen LogP contribution in [0.4, 0.5) is 0 Å². The van der Waals surface area contributed by atoms with Crippen LogP contribution in [-0.4, -0.2) is 33.0 Å². The van der Waals surface area contributed by atoms with Gasteiger partial charge in [-0.3, -0.25) is 0 Å². The molecule has 0 unspecified atom stereocenters. The summed E-state index contributed by atoms with van der Waals surface area (Å²) in [6.07, 6.45) is 1.56. The van der Waals surface area contributed by atoms with Crippen LogP contribution >= 0.6 is 50.9 Å². The maximum absolute atomic E-state index is 12.2. The number of halogens is 3. The van der Waals surface area contributed by atoms with Crippen molar-refractivity contribution in [2.45, 2.75) is 25.2 Å². The number of nitrogens with zero attached hydrogens (tertiary/aromatic N) is 3. The Morgan fingerprint density at radius 3 is 2.34 bits per heavy atom. The van der Waals surface area contributed by atoms with Crippen LogP contribution in [0.5, 0.6) is 11.5 Å². The van der Waals surface area contributed by atoms with Gasteiger partial charge in [-0.1, -0.05) is 35.3 Å². The van der Waals surface area contributed by atoms with Gasteiger partial charge in [0.2, 0.25) is 0 Å². The summed E-state index contributed by atoms with van der Waals surface area (Å²) >= 11 is 16.5. The number of hydrogen-bond acceptors (Lipinski definition) is 6. The van der Waals surface area contributed by atoms with E-state index in [1.807, 2.05) is 35.8 Å². The highest BCUT2D eigenvalue weighted by Crippen LogP contribution is 2.39. The molecule has 0 fully saturated rings. The normalized spacial score (nSPS) is 11.4. The second-order valence-corrected chi connectivity index (χ2v) is 10.7. The van der Waals surface area contributed by atoms with Gasteiger partial charge in [-0.2, -0.15) is 0 Å². The molecular formula is C27H22BrCl2N3O4S. The number of aromatic nitrogens is 3. The van der Waals surface area contributed by atoms with Crippen LogP contribution in [0.3, 0.4) is 0 Å². The summed E-state index contributed by atoms with van der Waals surface area (Å²) in [6.45, 7) is 2.81. The quantitative estimate of drug-likeness (QED) is 0.140. The first-order chi connectivity index (χ1) is 18.3. The first-order valence-electron chi connectivity index (χ1n) is 11.4. The van der Waals surface area contributed by atoms with Gasteiger partial charge in [0.1, 0.15) is 11.5 Å². The van der Waals surface area contributed by atoms with Crippen LogP contribution in [0.2, 0.25) is 10.0 Å². The molecule has 4 aromatic rings. The number of carboxylic acids is 1. The van der Waals surface area contributed by atoms with Gasteiger partial charge in [0.15, 0.2) is 22.5 Å². The van der Waals surface area contributed by atoms with E-state index in [2.05, 4.69) is 26.1 Å². The zero-order chi connectivity index (χ0) is 27.2. The molecule has 1 aromatic heterocycles. The molecule has 196 valence electrons. The monoisotopic (exact) mass is 633 g/mol. The van der Waals surface area contributed by atoms with E-state index in [4.69, 9.17) is 32.7 Å². The summed E-state index contributed by atoms with van der Waals surface area (Å²) in [7, 11) is 1.53. The molecule has 0 atom stereocenters. The van der Waals surface area contributed by atoms with Gasteiger partial charge in [-0.15, -0.1) is 10.2 Å². The standard InChI is InChI=1S/C27H22BrCl2N3O4S/c1-3-33-25(18-6-10-20(30)11-7-18)31-32-27(33)38-23(26(34)35)14-17-12-21(28)24(22(13-17)36-2)37-15-16-4-8-19(29)9-5-16/h4-14H,3,15H2,1-2H3,(H,34,35)/b23-14-. The van der Waals surface area contributed by atoms with Gasteiger partial charge in [0, 0.05) is 22.2 Å². The molecule has 0 aliphatic carbocycles. The number of ether oxygens (including phenoxy) is 2. The first-order valence-corrected chi connectivity index (χ1v) is 13.7. The minimum atomic E-state index is -1.09. The average Bonchev–Trinajstić information content (AvgIpc) is 3.31. The van der Waals surface area contributed by atoms with E-state index >= 15 is 0 Å². The minimum Gasteiger partial charge on any atom is -0.493 e. The Morgan fingerprint density at radius 1 is 1.08 bits per heavy atom. The van der Waals surface area contributed by atoms with Crippen molar-refractivity contribution in [3.05, 3.63) is 91.2 Å². The molecule has 0 aliphatic rings. The minimum absolute atomic E-state index is 0.0681. The third kappa shape index (κ3) is 6.71. The summed E-state index contributed by atoms with van der Waals surface area (Å²) in [5, 5.41) is 20.2. The maximum atomic E-state index is 12.2. The highest BCUT2D eigenvalue weighted by molar-refractivity contribution is 9.10. The van der Waals surface area contributed by atoms with Crippen LogP contribution in [0.25, 0.3) is 17.5 Å². The van der Waals surface area contributed by atoms with Gasteiger partial charge in [-0.05, 0) is 100 Å². The van der Waals surface area contributed by atoms with Crippen molar-refractivity contribution in [2.24, 2.45) is 0 Å². The van der Waals surface area contributed by atoms with Crippen LogP contribution in [0.15, 0.2) is 75.2 Å². The molecule has 0 saturated carbocycles. The predicted octanol–water partition coefficient (Wildman–Crippen LogP) is 7.84. The van der Waals surface area contributed by atoms with Crippen molar-refractivity contribution in [2.75, 3.05) is 7.11 Å². The second kappa shape index (κ2) is 12.7. The molecule has 0 saturated heterocycles. The Bertz CT molecular complexity index is 1480. The highest BCUT2D eigenvalue weighted by atomic mass is 79.9. The molecule has 0 bridgehead atoms. The first kappa shape index (κ1) is 28.0.